The minimum atomic E-state index is -0.525. The SMILES string of the molecule is O=C1CCCOc2cc(Br)c([N+](=O)[O-])cc21. The van der Waals surface area contributed by atoms with Crippen molar-refractivity contribution in [3.63, 3.8) is 0 Å². The molecule has 5 nitrogen and oxygen atoms in total. The van der Waals surface area contributed by atoms with E-state index in [9.17, 15) is 14.9 Å². The van der Waals surface area contributed by atoms with E-state index in [1.165, 1.54) is 12.1 Å². The number of carbonyl (C=O) groups excluding carboxylic acids is 1. The summed E-state index contributed by atoms with van der Waals surface area (Å²) in [6, 6.07) is 2.75. The van der Waals surface area contributed by atoms with E-state index in [1.54, 1.807) is 0 Å². The number of nitro benzene ring substituents is 1. The molecule has 1 aromatic rings. The first-order valence-electron chi connectivity index (χ1n) is 4.73. The molecule has 0 aliphatic carbocycles. The van der Waals surface area contributed by atoms with Gasteiger partial charge in [0.05, 0.1) is 21.6 Å². The number of ether oxygens (including phenoxy) is 1. The van der Waals surface area contributed by atoms with Gasteiger partial charge in [0.2, 0.25) is 0 Å². The third-order valence-corrected chi connectivity index (χ3v) is 2.99. The van der Waals surface area contributed by atoms with Crippen LogP contribution in [0.2, 0.25) is 0 Å². The number of ketones is 1. The number of hydrogen-bond donors (Lipinski definition) is 0. The molecule has 0 fully saturated rings. The van der Waals surface area contributed by atoms with Crippen molar-refractivity contribution < 1.29 is 14.5 Å². The summed E-state index contributed by atoms with van der Waals surface area (Å²) in [6.45, 7) is 0.461. The van der Waals surface area contributed by atoms with E-state index < -0.39 is 4.92 Å². The van der Waals surface area contributed by atoms with Crippen LogP contribution < -0.4 is 4.74 Å². The van der Waals surface area contributed by atoms with E-state index in [4.69, 9.17) is 4.74 Å². The molecule has 1 heterocycles. The Labute approximate surface area is 99.7 Å². The van der Waals surface area contributed by atoms with Crippen molar-refractivity contribution in [2.24, 2.45) is 0 Å². The van der Waals surface area contributed by atoms with E-state index in [0.29, 0.717) is 35.2 Å². The Morgan fingerprint density at radius 1 is 1.44 bits per heavy atom. The highest BCUT2D eigenvalue weighted by Gasteiger charge is 2.23. The molecule has 0 amide bonds. The highest BCUT2D eigenvalue weighted by molar-refractivity contribution is 9.10. The molecule has 0 N–H and O–H groups in total. The molecule has 84 valence electrons. The van der Waals surface area contributed by atoms with E-state index in [1.807, 2.05) is 0 Å². The van der Waals surface area contributed by atoms with Gasteiger partial charge in [-0.1, -0.05) is 0 Å². The highest BCUT2D eigenvalue weighted by Crippen LogP contribution is 2.34. The van der Waals surface area contributed by atoms with Crippen molar-refractivity contribution in [1.29, 1.82) is 0 Å². The largest absolute Gasteiger partial charge is 0.493 e. The summed E-state index contributed by atoms with van der Waals surface area (Å²) in [4.78, 5) is 21.9. The van der Waals surface area contributed by atoms with E-state index >= 15 is 0 Å². The van der Waals surface area contributed by atoms with Crippen LogP contribution in [0.3, 0.4) is 0 Å². The normalized spacial score (nSPS) is 14.9. The molecule has 0 radical (unpaired) electrons. The number of benzene rings is 1. The average molecular weight is 286 g/mol. The van der Waals surface area contributed by atoms with Crippen LogP contribution in [0.15, 0.2) is 16.6 Å². The van der Waals surface area contributed by atoms with Crippen LogP contribution in [-0.4, -0.2) is 17.3 Å². The van der Waals surface area contributed by atoms with Gasteiger partial charge >= 0.3 is 0 Å². The maximum Gasteiger partial charge on any atom is 0.284 e. The number of rotatable bonds is 1. The number of nitro groups is 1. The van der Waals surface area contributed by atoms with Crippen molar-refractivity contribution in [3.8, 4) is 5.75 Å². The monoisotopic (exact) mass is 285 g/mol. The topological polar surface area (TPSA) is 69.4 Å². The van der Waals surface area contributed by atoms with Gasteiger partial charge in [0.15, 0.2) is 5.78 Å². The van der Waals surface area contributed by atoms with Gasteiger partial charge in [-0.05, 0) is 22.4 Å². The highest BCUT2D eigenvalue weighted by atomic mass is 79.9. The van der Waals surface area contributed by atoms with E-state index in [-0.39, 0.29) is 11.5 Å². The molecule has 0 aromatic heterocycles. The zero-order valence-corrected chi connectivity index (χ0v) is 9.82. The van der Waals surface area contributed by atoms with Gasteiger partial charge < -0.3 is 4.74 Å². The van der Waals surface area contributed by atoms with Crippen LogP contribution in [0, 0.1) is 10.1 Å². The van der Waals surface area contributed by atoms with Gasteiger partial charge in [-0.2, -0.15) is 0 Å². The Balaban J connectivity index is 2.57. The Morgan fingerprint density at radius 3 is 2.88 bits per heavy atom. The van der Waals surface area contributed by atoms with Crippen LogP contribution in [0.25, 0.3) is 0 Å². The second-order valence-corrected chi connectivity index (χ2v) is 4.29. The third kappa shape index (κ3) is 1.92. The number of nitrogens with zero attached hydrogens (tertiary/aromatic N) is 1. The first-order chi connectivity index (χ1) is 7.59. The molecule has 0 saturated carbocycles. The first kappa shape index (κ1) is 11.1. The number of fused-ring (bicyclic) bond motifs is 1. The van der Waals surface area contributed by atoms with E-state index in [2.05, 4.69) is 15.9 Å². The molecular weight excluding hydrogens is 278 g/mol. The van der Waals surface area contributed by atoms with E-state index in [0.717, 1.165) is 0 Å². The fourth-order valence-electron chi connectivity index (χ4n) is 1.57. The van der Waals surface area contributed by atoms with Crippen molar-refractivity contribution in [2.45, 2.75) is 12.8 Å². The van der Waals surface area contributed by atoms with Crippen LogP contribution in [0.1, 0.15) is 23.2 Å². The lowest BCUT2D eigenvalue weighted by Gasteiger charge is -2.06. The van der Waals surface area contributed by atoms with Gasteiger partial charge in [0.25, 0.3) is 5.69 Å². The predicted molar refractivity (Wildman–Crippen MR) is 59.9 cm³/mol. The molecule has 1 aliphatic heterocycles. The maximum atomic E-state index is 11.7. The number of halogens is 1. The van der Waals surface area contributed by atoms with Gasteiger partial charge in [0.1, 0.15) is 5.75 Å². The molecule has 16 heavy (non-hydrogen) atoms. The van der Waals surface area contributed by atoms with Crippen LogP contribution in [0.5, 0.6) is 5.75 Å². The summed E-state index contributed by atoms with van der Waals surface area (Å²) in [5.74, 6) is 0.308. The standard InChI is InChI=1S/C10H8BrNO4/c11-7-5-10-6(4-8(7)12(14)15)9(13)2-1-3-16-10/h4-5H,1-3H2. The minimum absolute atomic E-state index is 0.108. The fourth-order valence-corrected chi connectivity index (χ4v) is 2.04. The summed E-state index contributed by atoms with van der Waals surface area (Å²) in [5, 5.41) is 10.7. The molecule has 0 unspecified atom stereocenters. The summed E-state index contributed by atoms with van der Waals surface area (Å²) in [7, 11) is 0. The minimum Gasteiger partial charge on any atom is -0.493 e. The van der Waals surface area contributed by atoms with Crippen molar-refractivity contribution in [1.82, 2.24) is 0 Å². The molecule has 0 spiro atoms. The second-order valence-electron chi connectivity index (χ2n) is 3.43. The van der Waals surface area contributed by atoms with Crippen LogP contribution in [-0.2, 0) is 0 Å². The Hall–Kier alpha value is -1.43. The molecule has 6 heteroatoms. The lowest BCUT2D eigenvalue weighted by molar-refractivity contribution is -0.385. The van der Waals surface area contributed by atoms with Crippen molar-refractivity contribution in [3.05, 3.63) is 32.3 Å². The Morgan fingerprint density at radius 2 is 2.19 bits per heavy atom. The molecule has 0 bridgehead atoms. The summed E-state index contributed by atoms with van der Waals surface area (Å²) < 4.78 is 5.69. The molecule has 2 rings (SSSR count). The number of carbonyl (C=O) groups is 1. The van der Waals surface area contributed by atoms with Gasteiger partial charge in [-0.15, -0.1) is 0 Å². The third-order valence-electron chi connectivity index (χ3n) is 2.35. The zero-order chi connectivity index (χ0) is 11.7. The summed E-state index contributed by atoms with van der Waals surface area (Å²) >= 11 is 3.09. The lowest BCUT2D eigenvalue weighted by Crippen LogP contribution is -2.00. The smallest absolute Gasteiger partial charge is 0.284 e. The molecule has 0 atom stereocenters. The maximum absolute atomic E-state index is 11.7. The number of Topliss-reactive ketones (excluding diaryl/α,β-unsaturated/α-hetero) is 1. The quantitative estimate of drug-likeness (QED) is 0.588. The predicted octanol–water partition coefficient (Wildman–Crippen LogP) is 2.71. The summed E-state index contributed by atoms with van der Waals surface area (Å²) in [5.41, 5.74) is 0.185. The van der Waals surface area contributed by atoms with Gasteiger partial charge in [0, 0.05) is 18.6 Å². The van der Waals surface area contributed by atoms with Gasteiger partial charge in [-0.3, -0.25) is 14.9 Å². The molecule has 0 saturated heterocycles. The number of hydrogen-bond acceptors (Lipinski definition) is 4. The average Bonchev–Trinajstić information content (AvgIpc) is 2.39. The second kappa shape index (κ2) is 4.21. The summed E-state index contributed by atoms with van der Waals surface area (Å²) in [6.07, 6.45) is 1.00. The Bertz CT molecular complexity index is 472. The zero-order valence-electron chi connectivity index (χ0n) is 8.23. The Kier molecular flexibility index (Phi) is 2.91. The van der Waals surface area contributed by atoms with Gasteiger partial charge in [-0.25, -0.2) is 0 Å². The lowest BCUT2D eigenvalue weighted by atomic mass is 10.1. The molecule has 1 aromatic carbocycles. The van der Waals surface area contributed by atoms with Crippen molar-refractivity contribution >= 4 is 27.4 Å². The molecule has 1 aliphatic rings. The van der Waals surface area contributed by atoms with Crippen molar-refractivity contribution in [2.75, 3.05) is 6.61 Å². The first-order valence-corrected chi connectivity index (χ1v) is 5.53. The van der Waals surface area contributed by atoms with Crippen LogP contribution >= 0.6 is 15.9 Å². The fraction of sp³-hybridized carbons (Fsp3) is 0.300. The van der Waals surface area contributed by atoms with Crippen LogP contribution in [0.4, 0.5) is 5.69 Å². The molecular formula is C10H8BrNO4.